The Morgan fingerprint density at radius 3 is 2.64 bits per heavy atom. The predicted octanol–water partition coefficient (Wildman–Crippen LogP) is 3.88. The van der Waals surface area contributed by atoms with E-state index in [4.69, 9.17) is 21.4 Å². The number of benzene rings is 2. The number of nitrogens with zero attached hydrogens (tertiary/aromatic N) is 1. The number of hydrogen-bond acceptors (Lipinski definition) is 4. The fourth-order valence-corrected chi connectivity index (χ4v) is 1.98. The second kappa shape index (κ2) is 7.47. The van der Waals surface area contributed by atoms with Crippen molar-refractivity contribution in [2.75, 3.05) is 12.0 Å². The summed E-state index contributed by atoms with van der Waals surface area (Å²) >= 11 is 6.09. The van der Waals surface area contributed by atoms with E-state index >= 15 is 0 Å². The van der Waals surface area contributed by atoms with E-state index in [0.29, 0.717) is 23.1 Å². The van der Waals surface area contributed by atoms with Gasteiger partial charge in [-0.05, 0) is 55.0 Å². The van der Waals surface area contributed by atoms with Crippen molar-refractivity contribution in [1.82, 2.24) is 0 Å². The van der Waals surface area contributed by atoms with Gasteiger partial charge in [-0.25, -0.2) is 4.79 Å². The molecule has 22 heavy (non-hydrogen) atoms. The zero-order valence-corrected chi connectivity index (χ0v) is 12.7. The molecule has 0 amide bonds. The molecule has 0 fully saturated rings. The van der Waals surface area contributed by atoms with E-state index in [-0.39, 0.29) is 5.56 Å². The molecule has 0 aliphatic rings. The molecule has 0 aromatic heterocycles. The summed E-state index contributed by atoms with van der Waals surface area (Å²) in [5.41, 5.74) is 4.57. The summed E-state index contributed by atoms with van der Waals surface area (Å²) in [5.74, 6) is -0.322. The SMILES string of the molecule is CCOc1ccc(C=NNc2ccc(C(=O)O)cc2)cc1Cl. The van der Waals surface area contributed by atoms with E-state index in [9.17, 15) is 4.79 Å². The standard InChI is InChI=1S/C16H15ClN2O3/c1-2-22-15-8-3-11(9-14(15)17)10-18-19-13-6-4-12(5-7-13)16(20)21/h3-10,19H,2H2,1H3,(H,20,21). The average molecular weight is 319 g/mol. The van der Waals surface area contributed by atoms with E-state index in [1.54, 1.807) is 30.5 Å². The third-order valence-corrected chi connectivity index (χ3v) is 3.09. The van der Waals surface area contributed by atoms with Crippen LogP contribution in [0.2, 0.25) is 5.02 Å². The summed E-state index contributed by atoms with van der Waals surface area (Å²) in [6.45, 7) is 2.45. The maximum absolute atomic E-state index is 10.7. The van der Waals surface area contributed by atoms with Gasteiger partial charge in [0.25, 0.3) is 0 Å². The van der Waals surface area contributed by atoms with E-state index in [1.807, 2.05) is 13.0 Å². The molecule has 2 aromatic rings. The number of halogens is 1. The lowest BCUT2D eigenvalue weighted by Gasteiger charge is -2.05. The summed E-state index contributed by atoms with van der Waals surface area (Å²) in [4.78, 5) is 10.7. The number of hydrogen-bond donors (Lipinski definition) is 2. The minimum atomic E-state index is -0.959. The Hall–Kier alpha value is -2.53. The Morgan fingerprint density at radius 2 is 2.05 bits per heavy atom. The van der Waals surface area contributed by atoms with Crippen LogP contribution in [0, 0.1) is 0 Å². The second-order valence-corrected chi connectivity index (χ2v) is 4.78. The van der Waals surface area contributed by atoms with Gasteiger partial charge >= 0.3 is 5.97 Å². The topological polar surface area (TPSA) is 70.9 Å². The Kier molecular flexibility index (Phi) is 5.38. The highest BCUT2D eigenvalue weighted by molar-refractivity contribution is 6.32. The molecule has 0 aliphatic heterocycles. The van der Waals surface area contributed by atoms with Crippen molar-refractivity contribution in [1.29, 1.82) is 0 Å². The van der Waals surface area contributed by atoms with Crippen molar-refractivity contribution >= 4 is 29.5 Å². The number of ether oxygens (including phenoxy) is 1. The Labute approximate surface area is 133 Å². The molecule has 0 aliphatic carbocycles. The van der Waals surface area contributed by atoms with Crippen LogP contribution >= 0.6 is 11.6 Å². The van der Waals surface area contributed by atoms with E-state index in [2.05, 4.69) is 10.5 Å². The van der Waals surface area contributed by atoms with Gasteiger partial charge in [0.2, 0.25) is 0 Å². The maximum atomic E-state index is 10.7. The highest BCUT2D eigenvalue weighted by atomic mass is 35.5. The van der Waals surface area contributed by atoms with Gasteiger partial charge in [-0.15, -0.1) is 0 Å². The van der Waals surface area contributed by atoms with Crippen molar-refractivity contribution in [2.24, 2.45) is 5.10 Å². The highest BCUT2D eigenvalue weighted by Crippen LogP contribution is 2.24. The van der Waals surface area contributed by atoms with Gasteiger partial charge in [0.05, 0.1) is 29.1 Å². The van der Waals surface area contributed by atoms with E-state index < -0.39 is 5.97 Å². The van der Waals surface area contributed by atoms with Crippen molar-refractivity contribution in [3.63, 3.8) is 0 Å². The fourth-order valence-electron chi connectivity index (χ4n) is 1.74. The largest absolute Gasteiger partial charge is 0.492 e. The van der Waals surface area contributed by atoms with E-state index in [1.165, 1.54) is 12.1 Å². The van der Waals surface area contributed by atoms with Crippen molar-refractivity contribution < 1.29 is 14.6 Å². The van der Waals surface area contributed by atoms with Gasteiger partial charge in [-0.1, -0.05) is 11.6 Å². The van der Waals surface area contributed by atoms with Gasteiger partial charge in [0.15, 0.2) is 0 Å². The molecule has 0 atom stereocenters. The normalized spacial score (nSPS) is 10.6. The van der Waals surface area contributed by atoms with Crippen LogP contribution in [0.4, 0.5) is 5.69 Å². The average Bonchev–Trinajstić information content (AvgIpc) is 2.50. The lowest BCUT2D eigenvalue weighted by Crippen LogP contribution is -1.96. The number of carbonyl (C=O) groups is 1. The number of rotatable bonds is 6. The summed E-state index contributed by atoms with van der Waals surface area (Å²) in [6, 6.07) is 11.7. The number of carboxylic acid groups (broad SMARTS) is 1. The Balaban J connectivity index is 2.00. The monoisotopic (exact) mass is 318 g/mol. The molecule has 2 N–H and O–H groups in total. The van der Waals surface area contributed by atoms with Crippen LogP contribution in [-0.4, -0.2) is 23.9 Å². The Morgan fingerprint density at radius 1 is 1.32 bits per heavy atom. The third kappa shape index (κ3) is 4.23. The summed E-state index contributed by atoms with van der Waals surface area (Å²) in [5, 5.41) is 13.4. The van der Waals surface area contributed by atoms with Gasteiger partial charge in [-0.3, -0.25) is 5.43 Å². The van der Waals surface area contributed by atoms with E-state index in [0.717, 1.165) is 5.56 Å². The minimum Gasteiger partial charge on any atom is -0.492 e. The highest BCUT2D eigenvalue weighted by Gasteiger charge is 2.02. The second-order valence-electron chi connectivity index (χ2n) is 4.38. The smallest absolute Gasteiger partial charge is 0.335 e. The first-order valence-corrected chi connectivity index (χ1v) is 7.02. The Bertz CT molecular complexity index is 684. The number of aromatic carboxylic acids is 1. The first-order valence-electron chi connectivity index (χ1n) is 6.65. The molecule has 0 heterocycles. The quantitative estimate of drug-likeness (QED) is 0.626. The molecule has 6 heteroatoms. The summed E-state index contributed by atoms with van der Waals surface area (Å²) < 4.78 is 5.36. The van der Waals surface area contributed by atoms with Gasteiger partial charge in [0.1, 0.15) is 5.75 Å². The van der Waals surface area contributed by atoms with Crippen LogP contribution in [0.15, 0.2) is 47.6 Å². The lowest BCUT2D eigenvalue weighted by atomic mass is 10.2. The number of nitrogens with one attached hydrogen (secondary N) is 1. The first kappa shape index (κ1) is 15.9. The van der Waals surface area contributed by atoms with Crippen molar-refractivity contribution in [3.8, 4) is 5.75 Å². The number of hydrazone groups is 1. The van der Waals surface area contributed by atoms with Gasteiger partial charge < -0.3 is 9.84 Å². The van der Waals surface area contributed by atoms with Gasteiger partial charge in [-0.2, -0.15) is 5.10 Å². The van der Waals surface area contributed by atoms with Crippen molar-refractivity contribution in [2.45, 2.75) is 6.92 Å². The number of anilines is 1. The molecular weight excluding hydrogens is 304 g/mol. The number of carboxylic acids is 1. The fraction of sp³-hybridized carbons (Fsp3) is 0.125. The molecule has 114 valence electrons. The molecule has 2 rings (SSSR count). The first-order chi connectivity index (χ1) is 10.6. The zero-order valence-electron chi connectivity index (χ0n) is 11.9. The summed E-state index contributed by atoms with van der Waals surface area (Å²) in [6.07, 6.45) is 1.62. The minimum absolute atomic E-state index is 0.229. The maximum Gasteiger partial charge on any atom is 0.335 e. The van der Waals surface area contributed by atoms with Crippen LogP contribution in [0.5, 0.6) is 5.75 Å². The van der Waals surface area contributed by atoms with Crippen LogP contribution in [-0.2, 0) is 0 Å². The lowest BCUT2D eigenvalue weighted by molar-refractivity contribution is 0.0697. The van der Waals surface area contributed by atoms with Crippen LogP contribution < -0.4 is 10.2 Å². The van der Waals surface area contributed by atoms with Crippen molar-refractivity contribution in [3.05, 3.63) is 58.6 Å². The molecule has 2 aromatic carbocycles. The third-order valence-electron chi connectivity index (χ3n) is 2.79. The molecular formula is C16H15ClN2O3. The zero-order chi connectivity index (χ0) is 15.9. The van der Waals surface area contributed by atoms with Crippen LogP contribution in [0.25, 0.3) is 0 Å². The summed E-state index contributed by atoms with van der Waals surface area (Å²) in [7, 11) is 0. The molecule has 0 bridgehead atoms. The van der Waals surface area contributed by atoms with Crippen LogP contribution in [0.1, 0.15) is 22.8 Å². The molecule has 5 nitrogen and oxygen atoms in total. The van der Waals surface area contributed by atoms with Crippen LogP contribution in [0.3, 0.4) is 0 Å². The van der Waals surface area contributed by atoms with Gasteiger partial charge in [0, 0.05) is 0 Å². The molecule has 0 saturated carbocycles. The molecule has 0 radical (unpaired) electrons. The molecule has 0 saturated heterocycles. The molecule has 0 unspecified atom stereocenters. The molecule has 0 spiro atoms. The predicted molar refractivity (Wildman–Crippen MR) is 87.2 cm³/mol.